The van der Waals surface area contributed by atoms with E-state index in [1.807, 2.05) is 24.3 Å². The highest BCUT2D eigenvalue weighted by Crippen LogP contribution is 2.49. The predicted molar refractivity (Wildman–Crippen MR) is 81.2 cm³/mol. The van der Waals surface area contributed by atoms with Gasteiger partial charge in [-0.25, -0.2) is 0 Å². The predicted octanol–water partition coefficient (Wildman–Crippen LogP) is 3.48. The van der Waals surface area contributed by atoms with Crippen LogP contribution in [0.5, 0.6) is 0 Å². The van der Waals surface area contributed by atoms with Crippen molar-refractivity contribution in [1.29, 1.82) is 0 Å². The molecule has 0 radical (unpaired) electrons. The minimum Gasteiger partial charge on any atom is -0.325 e. The van der Waals surface area contributed by atoms with Crippen LogP contribution in [0.15, 0.2) is 53.0 Å². The van der Waals surface area contributed by atoms with Gasteiger partial charge >= 0.3 is 0 Å². The number of ketones is 1. The molecule has 0 spiro atoms. The van der Waals surface area contributed by atoms with Crippen LogP contribution < -0.4 is 5.32 Å². The van der Waals surface area contributed by atoms with Crippen molar-refractivity contribution >= 4 is 33.3 Å². The van der Waals surface area contributed by atoms with E-state index in [1.54, 1.807) is 6.08 Å². The number of hydrogen-bond acceptors (Lipinski definition) is 2. The van der Waals surface area contributed by atoms with Crippen molar-refractivity contribution in [1.82, 2.24) is 0 Å². The number of benzene rings is 1. The number of allylic oxidation sites excluding steroid dienone is 2. The van der Waals surface area contributed by atoms with Crippen LogP contribution in [-0.4, -0.2) is 11.7 Å². The molecule has 1 saturated carbocycles. The number of carbonyl (C=O) groups excluding carboxylic acids is 2. The van der Waals surface area contributed by atoms with Crippen LogP contribution in [0.1, 0.15) is 12.8 Å². The molecule has 1 fully saturated rings. The minimum absolute atomic E-state index is 0.0628. The molecule has 1 amide bonds. The summed E-state index contributed by atoms with van der Waals surface area (Å²) in [5.41, 5.74) is 1.01. The summed E-state index contributed by atoms with van der Waals surface area (Å²) in [5.74, 6) is -0.178. The lowest BCUT2D eigenvalue weighted by Crippen LogP contribution is -2.34. The molecule has 20 heavy (non-hydrogen) atoms. The van der Waals surface area contributed by atoms with E-state index in [9.17, 15) is 9.59 Å². The Hall–Kier alpha value is -1.68. The van der Waals surface area contributed by atoms with Gasteiger partial charge in [-0.1, -0.05) is 34.2 Å². The van der Waals surface area contributed by atoms with Crippen molar-refractivity contribution < 1.29 is 9.59 Å². The molecule has 2 aliphatic carbocycles. The van der Waals surface area contributed by atoms with Crippen molar-refractivity contribution in [3.8, 4) is 0 Å². The Morgan fingerprint density at radius 2 is 2.05 bits per heavy atom. The summed E-state index contributed by atoms with van der Waals surface area (Å²) < 4.78 is 0.964. The third-order valence-electron chi connectivity index (χ3n) is 4.07. The Bertz CT molecular complexity index is 632. The van der Waals surface area contributed by atoms with Gasteiger partial charge in [0, 0.05) is 16.1 Å². The number of halogens is 1. The van der Waals surface area contributed by atoms with Gasteiger partial charge in [0.05, 0.1) is 5.41 Å². The molecule has 2 aliphatic rings. The molecule has 4 heteroatoms. The Balaban J connectivity index is 1.84. The van der Waals surface area contributed by atoms with E-state index in [4.69, 9.17) is 0 Å². The van der Waals surface area contributed by atoms with Crippen LogP contribution in [-0.2, 0) is 9.59 Å². The first-order chi connectivity index (χ1) is 9.50. The quantitative estimate of drug-likeness (QED) is 0.843. The van der Waals surface area contributed by atoms with Gasteiger partial charge in [0.15, 0.2) is 5.78 Å². The molecule has 102 valence electrons. The van der Waals surface area contributed by atoms with Gasteiger partial charge in [-0.3, -0.25) is 9.59 Å². The van der Waals surface area contributed by atoms with Gasteiger partial charge in [0.25, 0.3) is 0 Å². The zero-order valence-electron chi connectivity index (χ0n) is 10.9. The fourth-order valence-corrected chi connectivity index (χ4v) is 3.20. The van der Waals surface area contributed by atoms with Gasteiger partial charge in [-0.15, -0.1) is 0 Å². The topological polar surface area (TPSA) is 46.2 Å². The maximum absolute atomic E-state index is 12.6. The van der Waals surface area contributed by atoms with E-state index in [0.717, 1.165) is 15.7 Å². The lowest BCUT2D eigenvalue weighted by atomic mass is 9.79. The van der Waals surface area contributed by atoms with Gasteiger partial charge in [-0.2, -0.15) is 0 Å². The molecule has 3 rings (SSSR count). The van der Waals surface area contributed by atoms with E-state index in [-0.39, 0.29) is 17.6 Å². The van der Waals surface area contributed by atoms with Crippen molar-refractivity contribution in [2.45, 2.75) is 12.8 Å². The highest BCUT2D eigenvalue weighted by molar-refractivity contribution is 9.10. The lowest BCUT2D eigenvalue weighted by molar-refractivity contribution is -0.124. The Labute approximate surface area is 125 Å². The maximum atomic E-state index is 12.6. The summed E-state index contributed by atoms with van der Waals surface area (Å²) in [6, 6.07) is 7.45. The second-order valence-corrected chi connectivity index (χ2v) is 6.36. The fourth-order valence-electron chi connectivity index (χ4n) is 2.93. The summed E-state index contributed by atoms with van der Waals surface area (Å²) in [6.07, 6.45) is 4.39. The molecule has 0 aromatic heterocycles. The summed E-state index contributed by atoms with van der Waals surface area (Å²) in [6.45, 7) is 3.95. The van der Waals surface area contributed by atoms with Gasteiger partial charge in [-0.05, 0) is 43.2 Å². The van der Waals surface area contributed by atoms with E-state index in [0.29, 0.717) is 12.8 Å². The molecular weight excluding hydrogens is 318 g/mol. The number of rotatable bonds is 2. The van der Waals surface area contributed by atoms with Crippen LogP contribution in [0.25, 0.3) is 0 Å². The maximum Gasteiger partial charge on any atom is 0.234 e. The minimum atomic E-state index is -0.608. The summed E-state index contributed by atoms with van der Waals surface area (Å²) in [7, 11) is 0. The average Bonchev–Trinajstić information content (AvgIpc) is 2.72. The fraction of sp³-hybridized carbons (Fsp3) is 0.250. The van der Waals surface area contributed by atoms with Gasteiger partial charge < -0.3 is 5.32 Å². The molecule has 0 saturated heterocycles. The van der Waals surface area contributed by atoms with Crippen molar-refractivity contribution in [2.24, 2.45) is 11.3 Å². The SMILES string of the molecule is C=C1C[C@@]2(C(=O)Nc3ccc(Br)cc3)C=CC(=O)[C@@H]1C2. The first-order valence-electron chi connectivity index (χ1n) is 6.48. The number of fused-ring (bicyclic) bond motifs is 2. The Morgan fingerprint density at radius 3 is 2.75 bits per heavy atom. The average molecular weight is 332 g/mol. The molecule has 1 aromatic rings. The standard InChI is InChI=1S/C16H14BrNO2/c1-10-8-16(7-6-14(19)13(10)9-16)15(20)18-12-4-2-11(17)3-5-12/h2-7,13H,1,8-9H2,(H,18,20)/t13-,16+/m1/s1. The van der Waals surface area contributed by atoms with E-state index in [2.05, 4.69) is 27.8 Å². The number of carbonyl (C=O) groups is 2. The van der Waals surface area contributed by atoms with Gasteiger partial charge in [0.2, 0.25) is 5.91 Å². The molecular formula is C16H14BrNO2. The summed E-state index contributed by atoms with van der Waals surface area (Å²) in [5, 5.41) is 2.93. The highest BCUT2D eigenvalue weighted by atomic mass is 79.9. The summed E-state index contributed by atoms with van der Waals surface area (Å²) in [4.78, 5) is 24.3. The van der Waals surface area contributed by atoms with Crippen LogP contribution in [0.4, 0.5) is 5.69 Å². The highest BCUT2D eigenvalue weighted by Gasteiger charge is 2.49. The number of amides is 1. The smallest absolute Gasteiger partial charge is 0.234 e. The number of anilines is 1. The molecule has 3 nitrogen and oxygen atoms in total. The molecule has 0 aliphatic heterocycles. The number of hydrogen-bond donors (Lipinski definition) is 1. The first kappa shape index (κ1) is 13.3. The van der Waals surface area contributed by atoms with Crippen LogP contribution in [0.3, 0.4) is 0 Å². The zero-order valence-corrected chi connectivity index (χ0v) is 12.4. The third-order valence-corrected chi connectivity index (χ3v) is 4.60. The molecule has 0 unspecified atom stereocenters. The van der Waals surface area contributed by atoms with Crippen molar-refractivity contribution in [2.75, 3.05) is 5.32 Å². The van der Waals surface area contributed by atoms with Crippen molar-refractivity contribution in [3.63, 3.8) is 0 Å². The second kappa shape index (κ2) is 4.70. The number of nitrogens with one attached hydrogen (secondary N) is 1. The van der Waals surface area contributed by atoms with Crippen LogP contribution in [0, 0.1) is 11.3 Å². The van der Waals surface area contributed by atoms with E-state index >= 15 is 0 Å². The lowest BCUT2D eigenvalue weighted by Gasteiger charge is -2.26. The second-order valence-electron chi connectivity index (χ2n) is 5.44. The monoisotopic (exact) mass is 331 g/mol. The molecule has 0 heterocycles. The normalized spacial score (nSPS) is 27.8. The van der Waals surface area contributed by atoms with E-state index in [1.165, 1.54) is 6.08 Å². The van der Waals surface area contributed by atoms with E-state index < -0.39 is 5.41 Å². The molecule has 2 atom stereocenters. The van der Waals surface area contributed by atoms with Crippen LogP contribution in [0.2, 0.25) is 0 Å². The molecule has 2 bridgehead atoms. The summed E-state index contributed by atoms with van der Waals surface area (Å²) >= 11 is 3.36. The Kier molecular flexibility index (Phi) is 3.13. The zero-order chi connectivity index (χ0) is 14.3. The van der Waals surface area contributed by atoms with Gasteiger partial charge in [0.1, 0.15) is 0 Å². The van der Waals surface area contributed by atoms with Crippen molar-refractivity contribution in [3.05, 3.63) is 53.0 Å². The largest absolute Gasteiger partial charge is 0.325 e. The third kappa shape index (κ3) is 2.14. The first-order valence-corrected chi connectivity index (χ1v) is 7.27. The van der Waals surface area contributed by atoms with Crippen LogP contribution >= 0.6 is 15.9 Å². The Morgan fingerprint density at radius 1 is 1.35 bits per heavy atom. The molecule has 1 aromatic carbocycles. The molecule has 1 N–H and O–H groups in total.